The summed E-state index contributed by atoms with van der Waals surface area (Å²) in [7, 11) is 1.57. The van der Waals surface area contributed by atoms with Crippen molar-refractivity contribution in [3.8, 4) is 22.4 Å². The number of amides is 1. The molecule has 4 rings (SSSR count). The van der Waals surface area contributed by atoms with E-state index in [2.05, 4.69) is 10.4 Å². The number of hydrogen-bond acceptors (Lipinski definition) is 4. The molecular weight excluding hydrogens is 366 g/mol. The predicted molar refractivity (Wildman–Crippen MR) is 112 cm³/mol. The third kappa shape index (κ3) is 3.98. The molecule has 1 aliphatic rings. The molecule has 1 aliphatic heterocycles. The molecule has 6 heteroatoms. The number of ether oxygens (including phenoxy) is 1. The molecule has 1 fully saturated rings. The van der Waals surface area contributed by atoms with Gasteiger partial charge in [-0.1, -0.05) is 60.7 Å². The van der Waals surface area contributed by atoms with Crippen molar-refractivity contribution in [1.29, 1.82) is 0 Å². The summed E-state index contributed by atoms with van der Waals surface area (Å²) in [6, 6.07) is 19.0. The summed E-state index contributed by atoms with van der Waals surface area (Å²) < 4.78 is 6.82. The molecule has 148 valence electrons. The molecule has 1 aromatic heterocycles. The zero-order chi connectivity index (χ0) is 20.2. The number of nitrogens with one attached hydrogen (secondary N) is 1. The normalized spacial score (nSPS) is 16.0. The summed E-state index contributed by atoms with van der Waals surface area (Å²) in [5.74, 6) is -0.403. The Morgan fingerprint density at radius 3 is 2.38 bits per heavy atom. The Morgan fingerprint density at radius 2 is 1.76 bits per heavy atom. The van der Waals surface area contributed by atoms with E-state index in [0.717, 1.165) is 24.0 Å². The van der Waals surface area contributed by atoms with Gasteiger partial charge in [0, 0.05) is 31.3 Å². The molecule has 1 amide bonds. The van der Waals surface area contributed by atoms with E-state index in [-0.39, 0.29) is 11.7 Å². The van der Waals surface area contributed by atoms with Crippen molar-refractivity contribution >= 4 is 5.91 Å². The molecule has 3 aromatic rings. The van der Waals surface area contributed by atoms with Crippen LogP contribution in [0.1, 0.15) is 23.2 Å². The molecule has 6 nitrogen and oxygen atoms in total. The molecule has 1 saturated heterocycles. The molecule has 29 heavy (non-hydrogen) atoms. The standard InChI is InChI=1S/C23H23N3O3/c1-26-23(28)20(22(27)24-15-18-13-8-14-29-18)19(16-9-4-2-5-10-16)21(25-26)17-11-6-3-7-12-17/h2-7,9-12,18H,8,13-15H2,1H3,(H,24,27)/t18-/m1/s1. The Hall–Kier alpha value is -3.25. The van der Waals surface area contributed by atoms with Crippen LogP contribution in [0.2, 0.25) is 0 Å². The Balaban J connectivity index is 1.85. The van der Waals surface area contributed by atoms with E-state index >= 15 is 0 Å². The highest BCUT2D eigenvalue weighted by Gasteiger charge is 2.25. The van der Waals surface area contributed by atoms with Gasteiger partial charge < -0.3 is 10.1 Å². The number of carbonyl (C=O) groups excluding carboxylic acids is 1. The van der Waals surface area contributed by atoms with Crippen molar-refractivity contribution in [2.45, 2.75) is 18.9 Å². The fourth-order valence-corrected chi connectivity index (χ4v) is 3.63. The molecule has 0 bridgehead atoms. The summed E-state index contributed by atoms with van der Waals surface area (Å²) in [5, 5.41) is 7.39. The van der Waals surface area contributed by atoms with Crippen LogP contribution in [0, 0.1) is 0 Å². The van der Waals surface area contributed by atoms with Crippen LogP contribution in [0.3, 0.4) is 0 Å². The van der Waals surface area contributed by atoms with E-state index in [1.54, 1.807) is 7.05 Å². The first-order valence-corrected chi connectivity index (χ1v) is 9.77. The van der Waals surface area contributed by atoms with Gasteiger partial charge in [-0.25, -0.2) is 4.68 Å². The van der Waals surface area contributed by atoms with E-state index in [9.17, 15) is 9.59 Å². The van der Waals surface area contributed by atoms with Crippen LogP contribution in [-0.4, -0.2) is 34.9 Å². The minimum Gasteiger partial charge on any atom is -0.376 e. The van der Waals surface area contributed by atoms with Crippen LogP contribution in [0.4, 0.5) is 0 Å². The Labute approximate surface area is 169 Å². The summed E-state index contributed by atoms with van der Waals surface area (Å²) in [6.07, 6.45) is 1.90. The quantitative estimate of drug-likeness (QED) is 0.728. The fraction of sp³-hybridized carbons (Fsp3) is 0.261. The Kier molecular flexibility index (Phi) is 5.53. The van der Waals surface area contributed by atoms with E-state index < -0.39 is 11.5 Å². The second-order valence-corrected chi connectivity index (χ2v) is 7.10. The highest BCUT2D eigenvalue weighted by molar-refractivity contribution is 6.03. The van der Waals surface area contributed by atoms with Gasteiger partial charge in [-0.3, -0.25) is 9.59 Å². The van der Waals surface area contributed by atoms with Gasteiger partial charge >= 0.3 is 0 Å². The molecule has 1 N–H and O–H groups in total. The monoisotopic (exact) mass is 389 g/mol. The average Bonchev–Trinajstić information content (AvgIpc) is 3.28. The zero-order valence-electron chi connectivity index (χ0n) is 16.3. The summed E-state index contributed by atoms with van der Waals surface area (Å²) in [6.45, 7) is 1.10. The van der Waals surface area contributed by atoms with Crippen LogP contribution in [0.15, 0.2) is 65.5 Å². The molecular formula is C23H23N3O3. The predicted octanol–water partition coefficient (Wildman–Crippen LogP) is 3.02. The summed E-state index contributed by atoms with van der Waals surface area (Å²) >= 11 is 0. The topological polar surface area (TPSA) is 73.2 Å². The van der Waals surface area contributed by atoms with Gasteiger partial charge in [0.15, 0.2) is 0 Å². The second kappa shape index (κ2) is 8.41. The lowest BCUT2D eigenvalue weighted by molar-refractivity contribution is 0.0856. The first-order chi connectivity index (χ1) is 14.1. The van der Waals surface area contributed by atoms with E-state index in [1.165, 1.54) is 4.68 Å². The third-order valence-electron chi connectivity index (χ3n) is 5.10. The van der Waals surface area contributed by atoms with E-state index in [1.807, 2.05) is 60.7 Å². The number of nitrogens with zero attached hydrogens (tertiary/aromatic N) is 2. The number of aryl methyl sites for hydroxylation is 1. The Morgan fingerprint density at radius 1 is 1.10 bits per heavy atom. The summed E-state index contributed by atoms with van der Waals surface area (Å²) in [4.78, 5) is 26.1. The summed E-state index contributed by atoms with van der Waals surface area (Å²) in [5.41, 5.74) is 2.44. The lowest BCUT2D eigenvalue weighted by Crippen LogP contribution is -2.37. The first-order valence-electron chi connectivity index (χ1n) is 9.77. The maximum Gasteiger partial charge on any atom is 0.280 e. The van der Waals surface area contributed by atoms with Crippen molar-refractivity contribution in [3.05, 3.63) is 76.6 Å². The Bertz CT molecular complexity index is 1060. The largest absolute Gasteiger partial charge is 0.376 e. The van der Waals surface area contributed by atoms with Gasteiger partial charge in [0.2, 0.25) is 0 Å². The zero-order valence-corrected chi connectivity index (χ0v) is 16.3. The average molecular weight is 389 g/mol. The van der Waals surface area contributed by atoms with Gasteiger partial charge in [0.25, 0.3) is 11.5 Å². The third-order valence-corrected chi connectivity index (χ3v) is 5.10. The highest BCUT2D eigenvalue weighted by atomic mass is 16.5. The SMILES string of the molecule is Cn1nc(-c2ccccc2)c(-c2ccccc2)c(C(=O)NC[C@H]2CCCO2)c1=O. The van der Waals surface area contributed by atoms with Crippen LogP contribution < -0.4 is 10.9 Å². The second-order valence-electron chi connectivity index (χ2n) is 7.10. The molecule has 1 atom stereocenters. The number of hydrogen-bond donors (Lipinski definition) is 1. The number of rotatable bonds is 5. The van der Waals surface area contributed by atoms with Crippen molar-refractivity contribution in [2.24, 2.45) is 7.05 Å². The van der Waals surface area contributed by atoms with Crippen molar-refractivity contribution in [1.82, 2.24) is 15.1 Å². The van der Waals surface area contributed by atoms with Gasteiger partial charge in [-0.2, -0.15) is 5.10 Å². The molecule has 0 saturated carbocycles. The molecule has 0 unspecified atom stereocenters. The number of benzene rings is 2. The van der Waals surface area contributed by atoms with Crippen molar-refractivity contribution < 1.29 is 9.53 Å². The number of aromatic nitrogens is 2. The van der Waals surface area contributed by atoms with E-state index in [4.69, 9.17) is 4.74 Å². The smallest absolute Gasteiger partial charge is 0.280 e. The van der Waals surface area contributed by atoms with E-state index in [0.29, 0.717) is 24.4 Å². The molecule has 2 aromatic carbocycles. The fourth-order valence-electron chi connectivity index (χ4n) is 3.63. The van der Waals surface area contributed by atoms with Crippen molar-refractivity contribution in [2.75, 3.05) is 13.2 Å². The van der Waals surface area contributed by atoms with Crippen LogP contribution in [-0.2, 0) is 11.8 Å². The number of carbonyl (C=O) groups is 1. The molecule has 0 aliphatic carbocycles. The van der Waals surface area contributed by atoms with Gasteiger partial charge in [0.05, 0.1) is 11.8 Å². The first kappa shape index (κ1) is 19.1. The maximum atomic E-state index is 13.1. The lowest BCUT2D eigenvalue weighted by Gasteiger charge is -2.17. The molecule has 2 heterocycles. The van der Waals surface area contributed by atoms with Gasteiger partial charge in [-0.05, 0) is 18.4 Å². The minimum absolute atomic E-state index is 0.00147. The van der Waals surface area contributed by atoms with Crippen molar-refractivity contribution in [3.63, 3.8) is 0 Å². The molecule has 0 radical (unpaired) electrons. The lowest BCUT2D eigenvalue weighted by atomic mass is 9.95. The highest BCUT2D eigenvalue weighted by Crippen LogP contribution is 2.31. The van der Waals surface area contributed by atoms with Gasteiger partial charge in [-0.15, -0.1) is 0 Å². The van der Waals surface area contributed by atoms with Gasteiger partial charge in [0.1, 0.15) is 5.56 Å². The van der Waals surface area contributed by atoms with Crippen LogP contribution >= 0.6 is 0 Å². The molecule has 0 spiro atoms. The minimum atomic E-state index is -0.423. The van der Waals surface area contributed by atoms with Crippen LogP contribution in [0.5, 0.6) is 0 Å². The van der Waals surface area contributed by atoms with Crippen LogP contribution in [0.25, 0.3) is 22.4 Å². The maximum absolute atomic E-state index is 13.1.